The van der Waals surface area contributed by atoms with E-state index < -0.39 is 0 Å². The van der Waals surface area contributed by atoms with Crippen LogP contribution in [0.15, 0.2) is 36.4 Å². The van der Waals surface area contributed by atoms with Gasteiger partial charge in [-0.25, -0.2) is 0 Å². The number of likely N-dealkylation sites (N-methyl/N-ethyl adjacent to an activating group) is 1. The number of hydrogen-bond donors (Lipinski definition) is 0. The standard InChI is InChI=1S/C22H24N4/c1-17-12-18(14-23)4-6-21(17)22-7-5-19(13-20(22)15-24)16-26-9-3-8-25(2)10-11-26/h4-7,12-13H,3,8-11,16H2,1-2H3. The summed E-state index contributed by atoms with van der Waals surface area (Å²) in [5.41, 5.74) is 5.50. The molecule has 0 bridgehead atoms. The molecule has 0 unspecified atom stereocenters. The van der Waals surface area contributed by atoms with Crippen molar-refractivity contribution >= 4 is 0 Å². The Kier molecular flexibility index (Phi) is 5.68. The monoisotopic (exact) mass is 344 g/mol. The summed E-state index contributed by atoms with van der Waals surface area (Å²) in [6.07, 6.45) is 1.18. The first kappa shape index (κ1) is 18.1. The van der Waals surface area contributed by atoms with E-state index in [2.05, 4.69) is 35.1 Å². The van der Waals surface area contributed by atoms with Gasteiger partial charge in [0.15, 0.2) is 0 Å². The molecular weight excluding hydrogens is 320 g/mol. The molecule has 0 amide bonds. The van der Waals surface area contributed by atoms with Crippen molar-refractivity contribution in [3.63, 3.8) is 0 Å². The van der Waals surface area contributed by atoms with Gasteiger partial charge in [-0.05, 0) is 73.9 Å². The van der Waals surface area contributed by atoms with Crippen molar-refractivity contribution in [2.75, 3.05) is 33.2 Å². The predicted molar refractivity (Wildman–Crippen MR) is 103 cm³/mol. The van der Waals surface area contributed by atoms with Crippen LogP contribution in [0.2, 0.25) is 0 Å². The molecule has 1 fully saturated rings. The number of benzene rings is 2. The second-order valence-corrected chi connectivity index (χ2v) is 7.07. The average Bonchev–Trinajstić information content (AvgIpc) is 2.86. The van der Waals surface area contributed by atoms with Gasteiger partial charge in [0.1, 0.15) is 0 Å². The molecule has 2 aromatic rings. The summed E-state index contributed by atoms with van der Waals surface area (Å²) in [5.74, 6) is 0. The quantitative estimate of drug-likeness (QED) is 0.854. The minimum Gasteiger partial charge on any atom is -0.305 e. The number of hydrogen-bond acceptors (Lipinski definition) is 4. The zero-order valence-electron chi connectivity index (χ0n) is 15.5. The van der Waals surface area contributed by atoms with Gasteiger partial charge in [-0.15, -0.1) is 0 Å². The lowest BCUT2D eigenvalue weighted by Crippen LogP contribution is -2.28. The molecule has 1 aliphatic heterocycles. The van der Waals surface area contributed by atoms with Gasteiger partial charge in [-0.2, -0.15) is 10.5 Å². The predicted octanol–water partition coefficient (Wildman–Crippen LogP) is 3.54. The lowest BCUT2D eigenvalue weighted by Gasteiger charge is -2.20. The highest BCUT2D eigenvalue weighted by atomic mass is 15.2. The van der Waals surface area contributed by atoms with Crippen LogP contribution in [-0.4, -0.2) is 43.0 Å². The Hall–Kier alpha value is -2.66. The molecule has 0 spiro atoms. The fourth-order valence-corrected chi connectivity index (χ4v) is 3.57. The summed E-state index contributed by atoms with van der Waals surface area (Å²) in [4.78, 5) is 4.84. The van der Waals surface area contributed by atoms with E-state index in [0.29, 0.717) is 11.1 Å². The third-order valence-electron chi connectivity index (χ3n) is 5.07. The molecule has 4 heteroatoms. The zero-order valence-corrected chi connectivity index (χ0v) is 15.5. The van der Waals surface area contributed by atoms with Crippen molar-refractivity contribution < 1.29 is 0 Å². The molecule has 0 saturated carbocycles. The normalized spacial score (nSPS) is 15.8. The lowest BCUT2D eigenvalue weighted by molar-refractivity contribution is 0.269. The van der Waals surface area contributed by atoms with E-state index in [1.807, 2.05) is 37.3 Å². The molecule has 2 aromatic carbocycles. The van der Waals surface area contributed by atoms with E-state index in [1.165, 1.54) is 12.0 Å². The molecule has 132 valence electrons. The highest BCUT2D eigenvalue weighted by molar-refractivity contribution is 5.74. The molecule has 1 heterocycles. The average molecular weight is 344 g/mol. The second kappa shape index (κ2) is 8.15. The zero-order chi connectivity index (χ0) is 18.5. The summed E-state index contributed by atoms with van der Waals surface area (Å²) < 4.78 is 0. The van der Waals surface area contributed by atoms with Crippen molar-refractivity contribution in [2.45, 2.75) is 19.9 Å². The first-order chi connectivity index (χ1) is 12.6. The van der Waals surface area contributed by atoms with Crippen molar-refractivity contribution in [1.29, 1.82) is 10.5 Å². The lowest BCUT2D eigenvalue weighted by atomic mass is 9.94. The first-order valence-electron chi connectivity index (χ1n) is 9.06. The van der Waals surface area contributed by atoms with Crippen LogP contribution in [0.4, 0.5) is 0 Å². The fourth-order valence-electron chi connectivity index (χ4n) is 3.57. The first-order valence-corrected chi connectivity index (χ1v) is 9.06. The van der Waals surface area contributed by atoms with Crippen LogP contribution in [0.25, 0.3) is 11.1 Å². The molecule has 0 radical (unpaired) electrons. The van der Waals surface area contributed by atoms with E-state index >= 15 is 0 Å². The summed E-state index contributed by atoms with van der Waals surface area (Å²) in [5, 5.41) is 18.7. The maximum absolute atomic E-state index is 9.66. The van der Waals surface area contributed by atoms with E-state index in [0.717, 1.165) is 49.4 Å². The largest absolute Gasteiger partial charge is 0.305 e. The van der Waals surface area contributed by atoms with Gasteiger partial charge < -0.3 is 4.90 Å². The molecule has 26 heavy (non-hydrogen) atoms. The molecule has 1 saturated heterocycles. The summed E-state index contributed by atoms with van der Waals surface area (Å²) in [6, 6.07) is 16.3. The van der Waals surface area contributed by atoms with Crippen LogP contribution in [0.5, 0.6) is 0 Å². The van der Waals surface area contributed by atoms with Crippen LogP contribution >= 0.6 is 0 Å². The van der Waals surface area contributed by atoms with Gasteiger partial charge in [-0.3, -0.25) is 4.90 Å². The maximum Gasteiger partial charge on any atom is 0.0998 e. The van der Waals surface area contributed by atoms with Crippen LogP contribution in [-0.2, 0) is 6.54 Å². The fraction of sp³-hybridized carbons (Fsp3) is 0.364. The number of nitrogens with zero attached hydrogens (tertiary/aromatic N) is 4. The van der Waals surface area contributed by atoms with Gasteiger partial charge in [0.05, 0.1) is 23.3 Å². The van der Waals surface area contributed by atoms with Crippen LogP contribution in [0.1, 0.15) is 28.7 Å². The minimum atomic E-state index is 0.646. The topological polar surface area (TPSA) is 54.1 Å². The maximum atomic E-state index is 9.66. The second-order valence-electron chi connectivity index (χ2n) is 7.07. The molecule has 4 nitrogen and oxygen atoms in total. The van der Waals surface area contributed by atoms with Gasteiger partial charge in [0, 0.05) is 19.6 Å². The van der Waals surface area contributed by atoms with Gasteiger partial charge in [0.2, 0.25) is 0 Å². The number of nitriles is 2. The van der Waals surface area contributed by atoms with E-state index in [4.69, 9.17) is 5.26 Å². The Morgan fingerprint density at radius 3 is 2.46 bits per heavy atom. The van der Waals surface area contributed by atoms with Crippen LogP contribution < -0.4 is 0 Å². The summed E-state index contributed by atoms with van der Waals surface area (Å²) in [7, 11) is 2.17. The van der Waals surface area contributed by atoms with Gasteiger partial charge >= 0.3 is 0 Å². The van der Waals surface area contributed by atoms with E-state index in [9.17, 15) is 5.26 Å². The summed E-state index contributed by atoms with van der Waals surface area (Å²) in [6.45, 7) is 7.27. The SMILES string of the molecule is Cc1cc(C#N)ccc1-c1ccc(CN2CCCN(C)CC2)cc1C#N. The van der Waals surface area contributed by atoms with Gasteiger partial charge in [-0.1, -0.05) is 18.2 Å². The molecule has 3 rings (SSSR count). The number of aryl methyl sites for hydroxylation is 1. The Balaban J connectivity index is 1.84. The summed E-state index contributed by atoms with van der Waals surface area (Å²) >= 11 is 0. The van der Waals surface area contributed by atoms with Crippen LogP contribution in [0, 0.1) is 29.6 Å². The number of rotatable bonds is 3. The Morgan fingerprint density at radius 2 is 1.73 bits per heavy atom. The van der Waals surface area contributed by atoms with Crippen LogP contribution in [0.3, 0.4) is 0 Å². The minimum absolute atomic E-state index is 0.646. The molecule has 1 aliphatic rings. The van der Waals surface area contributed by atoms with E-state index in [1.54, 1.807) is 0 Å². The molecule has 0 N–H and O–H groups in total. The smallest absolute Gasteiger partial charge is 0.0998 e. The molecule has 0 aliphatic carbocycles. The van der Waals surface area contributed by atoms with Crippen molar-refractivity contribution in [1.82, 2.24) is 9.80 Å². The Labute approximate surface area is 155 Å². The third kappa shape index (κ3) is 4.11. The van der Waals surface area contributed by atoms with Crippen molar-refractivity contribution in [3.05, 3.63) is 58.7 Å². The van der Waals surface area contributed by atoms with Gasteiger partial charge in [0.25, 0.3) is 0 Å². The van der Waals surface area contributed by atoms with Crippen molar-refractivity contribution in [2.24, 2.45) is 0 Å². The molecular formula is C22H24N4. The third-order valence-corrected chi connectivity index (χ3v) is 5.07. The molecule has 0 atom stereocenters. The Bertz CT molecular complexity index is 873. The van der Waals surface area contributed by atoms with E-state index in [-0.39, 0.29) is 0 Å². The highest BCUT2D eigenvalue weighted by Crippen LogP contribution is 2.28. The Morgan fingerprint density at radius 1 is 0.923 bits per heavy atom. The molecule has 0 aromatic heterocycles. The van der Waals surface area contributed by atoms with Crippen molar-refractivity contribution in [3.8, 4) is 23.3 Å². The highest BCUT2D eigenvalue weighted by Gasteiger charge is 2.14.